The van der Waals surface area contributed by atoms with Crippen molar-refractivity contribution >= 4 is 29.2 Å². The van der Waals surface area contributed by atoms with Gasteiger partial charge in [0.25, 0.3) is 0 Å². The van der Waals surface area contributed by atoms with Crippen LogP contribution in [0.1, 0.15) is 6.42 Å². The van der Waals surface area contributed by atoms with Crippen LogP contribution in [0.3, 0.4) is 0 Å². The molecule has 2 aliphatic heterocycles. The first-order valence-electron chi connectivity index (χ1n) is 8.57. The lowest BCUT2D eigenvalue weighted by molar-refractivity contribution is 0.122. The normalized spacial score (nSPS) is 20.8. The fourth-order valence-corrected chi connectivity index (χ4v) is 3.48. The van der Waals surface area contributed by atoms with Gasteiger partial charge in [0.05, 0.1) is 18.2 Å². The molecule has 0 spiro atoms. The molecule has 7 nitrogen and oxygen atoms in total. The molecule has 0 aromatic carbocycles. The molecule has 0 aliphatic carbocycles. The molecular weight excluding hydrogens is 340 g/mol. The van der Waals surface area contributed by atoms with Crippen molar-refractivity contribution < 1.29 is 4.74 Å². The number of morpholine rings is 1. The van der Waals surface area contributed by atoms with Crippen molar-refractivity contribution in [3.8, 4) is 0 Å². The fourth-order valence-electron chi connectivity index (χ4n) is 3.23. The van der Waals surface area contributed by atoms with Gasteiger partial charge in [0, 0.05) is 44.6 Å². The van der Waals surface area contributed by atoms with Crippen LogP contribution in [0.5, 0.6) is 0 Å². The predicted octanol–water partition coefficient (Wildman–Crippen LogP) is 2.05. The number of aromatic nitrogens is 3. The van der Waals surface area contributed by atoms with Crippen LogP contribution < -0.4 is 15.1 Å². The van der Waals surface area contributed by atoms with Gasteiger partial charge in [-0.25, -0.2) is 9.97 Å². The highest BCUT2D eigenvalue weighted by molar-refractivity contribution is 6.32. The first-order valence-corrected chi connectivity index (χ1v) is 8.95. The number of nitrogens with zero attached hydrogens (tertiary/aromatic N) is 5. The van der Waals surface area contributed by atoms with Crippen LogP contribution in [-0.2, 0) is 4.74 Å². The maximum Gasteiger partial charge on any atom is 0.227 e. The molecule has 1 unspecified atom stereocenters. The molecule has 8 heteroatoms. The van der Waals surface area contributed by atoms with Crippen LogP contribution in [0.2, 0.25) is 5.02 Å². The number of hydrogen-bond donors (Lipinski definition) is 1. The molecular formula is C17H21ClN6O. The van der Waals surface area contributed by atoms with Gasteiger partial charge in [-0.05, 0) is 24.6 Å². The Labute approximate surface area is 152 Å². The molecule has 2 aliphatic rings. The van der Waals surface area contributed by atoms with E-state index in [0.29, 0.717) is 11.1 Å². The third kappa shape index (κ3) is 3.77. The number of ether oxygens (including phenoxy) is 1. The van der Waals surface area contributed by atoms with E-state index >= 15 is 0 Å². The van der Waals surface area contributed by atoms with E-state index in [1.54, 1.807) is 6.20 Å². The molecule has 0 bridgehead atoms. The van der Waals surface area contributed by atoms with E-state index in [9.17, 15) is 0 Å². The van der Waals surface area contributed by atoms with Crippen LogP contribution in [0.15, 0.2) is 30.6 Å². The molecule has 0 saturated carbocycles. The Balaban J connectivity index is 1.40. The smallest absolute Gasteiger partial charge is 0.227 e. The second-order valence-corrected chi connectivity index (χ2v) is 6.63. The zero-order valence-electron chi connectivity index (χ0n) is 13.9. The summed E-state index contributed by atoms with van der Waals surface area (Å²) < 4.78 is 5.39. The minimum atomic E-state index is 0.311. The summed E-state index contributed by atoms with van der Waals surface area (Å²) in [5.41, 5.74) is 0. The fraction of sp³-hybridized carbons (Fsp3) is 0.471. The third-order valence-electron chi connectivity index (χ3n) is 4.52. The van der Waals surface area contributed by atoms with Crippen LogP contribution in [-0.4, -0.2) is 60.4 Å². The second-order valence-electron chi connectivity index (χ2n) is 6.23. The van der Waals surface area contributed by atoms with E-state index in [1.165, 1.54) is 0 Å². The number of halogens is 1. The maximum absolute atomic E-state index is 6.26. The van der Waals surface area contributed by atoms with Gasteiger partial charge in [-0.3, -0.25) is 0 Å². The molecule has 0 amide bonds. The molecule has 132 valence electrons. The summed E-state index contributed by atoms with van der Waals surface area (Å²) in [6.07, 6.45) is 4.60. The van der Waals surface area contributed by atoms with E-state index in [-0.39, 0.29) is 0 Å². The van der Waals surface area contributed by atoms with E-state index in [1.807, 2.05) is 24.4 Å². The van der Waals surface area contributed by atoms with Gasteiger partial charge in [-0.1, -0.05) is 11.6 Å². The van der Waals surface area contributed by atoms with Crippen LogP contribution in [0.4, 0.5) is 17.6 Å². The summed E-state index contributed by atoms with van der Waals surface area (Å²) in [4.78, 5) is 17.8. The molecule has 2 saturated heterocycles. The lowest BCUT2D eigenvalue weighted by Crippen LogP contribution is -2.37. The lowest BCUT2D eigenvalue weighted by Gasteiger charge is -2.27. The quantitative estimate of drug-likeness (QED) is 0.895. The molecule has 0 radical (unpaired) electrons. The molecule has 1 atom stereocenters. The molecule has 2 fully saturated rings. The van der Waals surface area contributed by atoms with Crippen molar-refractivity contribution in [1.29, 1.82) is 0 Å². The van der Waals surface area contributed by atoms with Gasteiger partial charge in [0.1, 0.15) is 11.6 Å². The first-order chi connectivity index (χ1) is 12.3. The van der Waals surface area contributed by atoms with Crippen molar-refractivity contribution in [3.05, 3.63) is 35.6 Å². The standard InChI is InChI=1S/C17H21ClN6O/c18-14-2-1-5-19-16(14)24-7-4-13(12-24)21-15-3-6-20-17(22-15)23-8-10-25-11-9-23/h1-3,5-6,13H,4,7-12H2,(H,20,21,22). The minimum Gasteiger partial charge on any atom is -0.378 e. The largest absolute Gasteiger partial charge is 0.378 e. The van der Waals surface area contributed by atoms with Crippen molar-refractivity contribution in [1.82, 2.24) is 15.0 Å². The Morgan fingerprint density at radius 2 is 1.96 bits per heavy atom. The SMILES string of the molecule is Clc1cccnc1N1CCC(Nc2ccnc(N3CCOCC3)n2)C1. The summed E-state index contributed by atoms with van der Waals surface area (Å²) in [7, 11) is 0. The number of pyridine rings is 1. The van der Waals surface area contributed by atoms with E-state index in [2.05, 4.69) is 30.1 Å². The zero-order valence-corrected chi connectivity index (χ0v) is 14.7. The number of hydrogen-bond acceptors (Lipinski definition) is 7. The van der Waals surface area contributed by atoms with E-state index in [4.69, 9.17) is 16.3 Å². The minimum absolute atomic E-state index is 0.311. The monoisotopic (exact) mass is 360 g/mol. The van der Waals surface area contributed by atoms with Gasteiger partial charge in [0.15, 0.2) is 0 Å². The van der Waals surface area contributed by atoms with E-state index < -0.39 is 0 Å². The molecule has 2 aromatic heterocycles. The van der Waals surface area contributed by atoms with Gasteiger partial charge in [0.2, 0.25) is 5.95 Å². The Hall–Kier alpha value is -2.12. The number of rotatable bonds is 4. The van der Waals surface area contributed by atoms with Crippen molar-refractivity contribution in [2.75, 3.05) is 54.5 Å². The van der Waals surface area contributed by atoms with E-state index in [0.717, 1.165) is 63.4 Å². The Bertz CT molecular complexity index is 724. The molecule has 1 N–H and O–H groups in total. The molecule has 2 aromatic rings. The third-order valence-corrected chi connectivity index (χ3v) is 4.81. The average Bonchev–Trinajstić information content (AvgIpc) is 3.11. The summed E-state index contributed by atoms with van der Waals surface area (Å²) in [6, 6.07) is 5.96. The number of anilines is 3. The Kier molecular flexibility index (Phi) is 4.85. The number of nitrogens with one attached hydrogen (secondary N) is 1. The molecule has 4 rings (SSSR count). The van der Waals surface area contributed by atoms with Crippen LogP contribution in [0, 0.1) is 0 Å². The van der Waals surface area contributed by atoms with Gasteiger partial charge in [-0.15, -0.1) is 0 Å². The zero-order chi connectivity index (χ0) is 17.1. The summed E-state index contributed by atoms with van der Waals surface area (Å²) in [5, 5.41) is 4.21. The van der Waals surface area contributed by atoms with Crippen molar-refractivity contribution in [3.63, 3.8) is 0 Å². The maximum atomic E-state index is 6.26. The Morgan fingerprint density at radius 3 is 2.80 bits per heavy atom. The highest BCUT2D eigenvalue weighted by Gasteiger charge is 2.25. The lowest BCUT2D eigenvalue weighted by atomic mass is 10.2. The van der Waals surface area contributed by atoms with Gasteiger partial charge in [-0.2, -0.15) is 4.98 Å². The van der Waals surface area contributed by atoms with Crippen molar-refractivity contribution in [2.45, 2.75) is 12.5 Å². The highest BCUT2D eigenvalue weighted by Crippen LogP contribution is 2.26. The van der Waals surface area contributed by atoms with Gasteiger partial charge < -0.3 is 19.9 Å². The average molecular weight is 361 g/mol. The van der Waals surface area contributed by atoms with Gasteiger partial charge >= 0.3 is 0 Å². The Morgan fingerprint density at radius 1 is 1.08 bits per heavy atom. The second kappa shape index (κ2) is 7.41. The molecule has 4 heterocycles. The summed E-state index contributed by atoms with van der Waals surface area (Å²) in [6.45, 7) is 4.90. The molecule has 25 heavy (non-hydrogen) atoms. The van der Waals surface area contributed by atoms with Crippen molar-refractivity contribution in [2.24, 2.45) is 0 Å². The first kappa shape index (κ1) is 16.4. The van der Waals surface area contributed by atoms with Crippen LogP contribution in [0.25, 0.3) is 0 Å². The van der Waals surface area contributed by atoms with Crippen LogP contribution >= 0.6 is 11.6 Å². The summed E-state index contributed by atoms with van der Waals surface area (Å²) in [5.74, 6) is 2.47. The highest BCUT2D eigenvalue weighted by atomic mass is 35.5. The predicted molar refractivity (Wildman–Crippen MR) is 98.6 cm³/mol. The summed E-state index contributed by atoms with van der Waals surface area (Å²) >= 11 is 6.26. The topological polar surface area (TPSA) is 66.4 Å².